The molecule has 0 aliphatic carbocycles. The van der Waals surface area contributed by atoms with Crippen molar-refractivity contribution in [1.29, 1.82) is 0 Å². The van der Waals surface area contributed by atoms with Crippen molar-refractivity contribution in [2.45, 2.75) is 6.54 Å². The van der Waals surface area contributed by atoms with Gasteiger partial charge >= 0.3 is 0 Å². The maximum atomic E-state index is 5.49. The van der Waals surface area contributed by atoms with Crippen molar-refractivity contribution in [2.24, 2.45) is 0 Å². The summed E-state index contributed by atoms with van der Waals surface area (Å²) < 4.78 is 7.09. The lowest BCUT2D eigenvalue weighted by Crippen LogP contribution is -2.04. The predicted octanol–water partition coefficient (Wildman–Crippen LogP) is 3.65. The number of nitrogens with one attached hydrogen (secondary N) is 1. The average molecular weight is 352 g/mol. The van der Waals surface area contributed by atoms with E-state index in [0.717, 1.165) is 27.5 Å². The average Bonchev–Trinajstić information content (AvgIpc) is 2.76. The summed E-state index contributed by atoms with van der Waals surface area (Å²) in [5.74, 6) is 0.779. The van der Waals surface area contributed by atoms with Crippen LogP contribution in [0.5, 0.6) is 0 Å². The van der Waals surface area contributed by atoms with Crippen LogP contribution in [0.4, 0.5) is 0 Å². The minimum absolute atomic E-state index is 0.697. The first-order valence-corrected chi connectivity index (χ1v) is 6.71. The summed E-state index contributed by atoms with van der Waals surface area (Å²) in [7, 11) is 1.90. The first kappa shape index (κ1) is 11.3. The summed E-state index contributed by atoms with van der Waals surface area (Å²) in [5.41, 5.74) is 1.03. The molecule has 0 saturated carbocycles. The maximum Gasteiger partial charge on any atom is 0.184 e. The molecule has 0 aliphatic rings. The van der Waals surface area contributed by atoms with Gasteiger partial charge in [0.1, 0.15) is 0 Å². The van der Waals surface area contributed by atoms with Gasteiger partial charge in [-0.1, -0.05) is 0 Å². The van der Waals surface area contributed by atoms with E-state index < -0.39 is 0 Å². The summed E-state index contributed by atoms with van der Waals surface area (Å²) in [6.45, 7) is 0.777. The molecule has 0 spiro atoms. The second-order valence-corrected chi connectivity index (χ2v) is 5.34. The van der Waals surface area contributed by atoms with E-state index in [1.54, 1.807) is 11.3 Å². The van der Waals surface area contributed by atoms with Crippen molar-refractivity contribution >= 4 is 43.2 Å². The smallest absolute Gasteiger partial charge is 0.184 e. The Kier molecular flexibility index (Phi) is 3.60. The van der Waals surface area contributed by atoms with Gasteiger partial charge in [-0.3, -0.25) is 0 Å². The molecule has 0 radical (unpaired) electrons. The molecule has 0 atom stereocenters. The van der Waals surface area contributed by atoms with Gasteiger partial charge in [0.05, 0.1) is 10.2 Å². The quantitative estimate of drug-likeness (QED) is 0.917. The lowest BCUT2D eigenvalue weighted by Gasteiger charge is -1.91. The highest BCUT2D eigenvalue weighted by molar-refractivity contribution is 9.13. The molecule has 0 fully saturated rings. The third-order valence-corrected chi connectivity index (χ3v) is 4.38. The zero-order valence-electron chi connectivity index (χ0n) is 7.88. The summed E-state index contributed by atoms with van der Waals surface area (Å²) in [4.78, 5) is 4.45. The van der Waals surface area contributed by atoms with Crippen molar-refractivity contribution < 1.29 is 4.42 Å². The Bertz CT molecular complexity index is 447. The van der Waals surface area contributed by atoms with E-state index in [4.69, 9.17) is 4.42 Å². The fraction of sp³-hybridized carbons (Fsp3) is 0.222. The number of furan rings is 1. The number of rotatable bonds is 3. The molecule has 1 N–H and O–H groups in total. The standard InChI is InChI=1S/C9H8Br2N2OS/c1-12-3-5-4-15-9(13-5)7-2-6(10)8(11)14-7/h2,4,12H,3H2,1H3. The molecule has 0 saturated heterocycles. The molecular weight excluding hydrogens is 344 g/mol. The van der Waals surface area contributed by atoms with Gasteiger partial charge in [-0.2, -0.15) is 0 Å². The van der Waals surface area contributed by atoms with Crippen LogP contribution in [0, 0.1) is 0 Å². The van der Waals surface area contributed by atoms with E-state index in [1.807, 2.05) is 18.5 Å². The fourth-order valence-electron chi connectivity index (χ4n) is 1.13. The zero-order valence-corrected chi connectivity index (χ0v) is 11.9. The maximum absolute atomic E-state index is 5.49. The molecule has 80 valence electrons. The SMILES string of the molecule is CNCc1csc(-c2cc(Br)c(Br)o2)n1. The second-order valence-electron chi connectivity index (χ2n) is 2.91. The predicted molar refractivity (Wildman–Crippen MR) is 68.0 cm³/mol. The topological polar surface area (TPSA) is 38.1 Å². The summed E-state index contributed by atoms with van der Waals surface area (Å²) in [6, 6.07) is 1.91. The van der Waals surface area contributed by atoms with Crippen LogP contribution in [0.3, 0.4) is 0 Å². The summed E-state index contributed by atoms with van der Waals surface area (Å²) >= 11 is 8.25. The molecule has 2 rings (SSSR count). The van der Waals surface area contributed by atoms with Gasteiger partial charge in [-0.15, -0.1) is 11.3 Å². The van der Waals surface area contributed by atoms with Gasteiger partial charge in [0.2, 0.25) is 0 Å². The minimum atomic E-state index is 0.697. The Balaban J connectivity index is 2.28. The van der Waals surface area contributed by atoms with Crippen LogP contribution in [-0.4, -0.2) is 12.0 Å². The van der Waals surface area contributed by atoms with Crippen molar-refractivity contribution in [3.05, 3.63) is 26.3 Å². The van der Waals surface area contributed by atoms with Crippen molar-refractivity contribution in [3.8, 4) is 10.8 Å². The van der Waals surface area contributed by atoms with Gasteiger partial charge in [0.25, 0.3) is 0 Å². The number of hydrogen-bond acceptors (Lipinski definition) is 4. The van der Waals surface area contributed by atoms with Gasteiger partial charge in [0.15, 0.2) is 15.4 Å². The van der Waals surface area contributed by atoms with E-state index in [0.29, 0.717) is 4.67 Å². The number of nitrogens with zero attached hydrogens (tertiary/aromatic N) is 1. The highest BCUT2D eigenvalue weighted by atomic mass is 79.9. The Morgan fingerprint density at radius 3 is 2.93 bits per heavy atom. The lowest BCUT2D eigenvalue weighted by atomic mass is 10.4. The van der Waals surface area contributed by atoms with E-state index >= 15 is 0 Å². The van der Waals surface area contributed by atoms with Crippen LogP contribution < -0.4 is 5.32 Å². The molecular formula is C9H8Br2N2OS. The Morgan fingerprint density at radius 2 is 2.33 bits per heavy atom. The van der Waals surface area contributed by atoms with Crippen molar-refractivity contribution in [2.75, 3.05) is 7.05 Å². The third-order valence-electron chi connectivity index (χ3n) is 1.77. The molecule has 0 unspecified atom stereocenters. The molecule has 6 heteroatoms. The van der Waals surface area contributed by atoms with E-state index in [1.165, 1.54) is 0 Å². The lowest BCUT2D eigenvalue weighted by molar-refractivity contribution is 0.553. The monoisotopic (exact) mass is 350 g/mol. The first-order chi connectivity index (χ1) is 7.20. The summed E-state index contributed by atoms with van der Waals surface area (Å²) in [6.07, 6.45) is 0. The highest BCUT2D eigenvalue weighted by Gasteiger charge is 2.11. The zero-order chi connectivity index (χ0) is 10.8. The number of aromatic nitrogens is 1. The largest absolute Gasteiger partial charge is 0.446 e. The van der Waals surface area contributed by atoms with Crippen LogP contribution in [0.1, 0.15) is 5.69 Å². The molecule has 2 aromatic heterocycles. The third kappa shape index (κ3) is 2.50. The molecule has 2 aromatic rings. The van der Waals surface area contributed by atoms with Gasteiger partial charge in [-0.25, -0.2) is 4.98 Å². The van der Waals surface area contributed by atoms with Crippen LogP contribution in [0.15, 0.2) is 25.0 Å². The fourth-order valence-corrected chi connectivity index (χ4v) is 2.48. The number of thiazole rings is 1. The van der Waals surface area contributed by atoms with Crippen LogP contribution in [0.2, 0.25) is 0 Å². The van der Waals surface area contributed by atoms with Crippen molar-refractivity contribution in [3.63, 3.8) is 0 Å². The van der Waals surface area contributed by atoms with Crippen molar-refractivity contribution in [1.82, 2.24) is 10.3 Å². The minimum Gasteiger partial charge on any atom is -0.446 e. The van der Waals surface area contributed by atoms with Gasteiger partial charge < -0.3 is 9.73 Å². The molecule has 15 heavy (non-hydrogen) atoms. The molecule has 3 nitrogen and oxygen atoms in total. The molecule has 0 aliphatic heterocycles. The Hall–Kier alpha value is -0.170. The Labute approximate surface area is 108 Å². The highest BCUT2D eigenvalue weighted by Crippen LogP contribution is 2.33. The van der Waals surface area contributed by atoms with Crippen LogP contribution in [0.25, 0.3) is 10.8 Å². The molecule has 0 bridgehead atoms. The van der Waals surface area contributed by atoms with E-state index in [9.17, 15) is 0 Å². The van der Waals surface area contributed by atoms with E-state index in [2.05, 4.69) is 42.2 Å². The summed E-state index contributed by atoms with van der Waals surface area (Å²) in [5, 5.41) is 5.98. The van der Waals surface area contributed by atoms with Gasteiger partial charge in [-0.05, 0) is 38.9 Å². The number of halogens is 2. The second kappa shape index (κ2) is 4.78. The van der Waals surface area contributed by atoms with E-state index in [-0.39, 0.29) is 0 Å². The first-order valence-electron chi connectivity index (χ1n) is 4.25. The van der Waals surface area contributed by atoms with Crippen LogP contribution >= 0.6 is 43.2 Å². The number of hydrogen-bond donors (Lipinski definition) is 1. The molecule has 0 amide bonds. The normalized spacial score (nSPS) is 10.9. The van der Waals surface area contributed by atoms with Gasteiger partial charge in [0, 0.05) is 18.0 Å². The van der Waals surface area contributed by atoms with Crippen LogP contribution in [-0.2, 0) is 6.54 Å². The molecule has 2 heterocycles. The molecule has 0 aromatic carbocycles. The Morgan fingerprint density at radius 1 is 1.53 bits per heavy atom.